The summed E-state index contributed by atoms with van der Waals surface area (Å²) >= 11 is 0. The van der Waals surface area contributed by atoms with E-state index in [4.69, 9.17) is 4.74 Å². The number of imidazole rings is 1. The lowest BCUT2D eigenvalue weighted by atomic mass is 9.88. The van der Waals surface area contributed by atoms with Crippen LogP contribution in [0, 0.1) is 0 Å². The molecule has 5 rings (SSSR count). The molecule has 2 amide bonds. The van der Waals surface area contributed by atoms with E-state index in [9.17, 15) is 9.59 Å². The molecule has 0 radical (unpaired) electrons. The molecule has 3 aliphatic rings. The van der Waals surface area contributed by atoms with Gasteiger partial charge >= 0.3 is 0 Å². The summed E-state index contributed by atoms with van der Waals surface area (Å²) in [4.78, 5) is 38.4. The van der Waals surface area contributed by atoms with Crippen molar-refractivity contribution in [1.82, 2.24) is 24.3 Å². The van der Waals surface area contributed by atoms with Gasteiger partial charge in [0.05, 0.1) is 12.1 Å². The minimum atomic E-state index is -0.621. The highest BCUT2D eigenvalue weighted by Gasteiger charge is 2.48. The molecule has 1 atom stereocenters. The molecule has 8 nitrogen and oxygen atoms in total. The van der Waals surface area contributed by atoms with Crippen LogP contribution in [0.15, 0.2) is 36.9 Å². The molecule has 3 aliphatic heterocycles. The van der Waals surface area contributed by atoms with Crippen molar-refractivity contribution in [3.8, 4) is 0 Å². The minimum Gasteiger partial charge on any atom is -0.352 e. The van der Waals surface area contributed by atoms with Crippen molar-refractivity contribution in [1.29, 1.82) is 0 Å². The summed E-state index contributed by atoms with van der Waals surface area (Å²) in [7, 11) is 0. The van der Waals surface area contributed by atoms with Crippen LogP contribution in [-0.4, -0.2) is 68.4 Å². The monoisotopic (exact) mass is 409 g/mol. The maximum Gasteiger partial charge on any atom is 0.255 e. The van der Waals surface area contributed by atoms with Crippen LogP contribution >= 0.6 is 0 Å². The van der Waals surface area contributed by atoms with E-state index in [0.29, 0.717) is 38.0 Å². The summed E-state index contributed by atoms with van der Waals surface area (Å²) in [5.74, 6) is 0.944. The predicted octanol–water partition coefficient (Wildman–Crippen LogP) is 1.82. The molecule has 0 unspecified atom stereocenters. The van der Waals surface area contributed by atoms with Crippen LogP contribution in [0.25, 0.3) is 0 Å². The summed E-state index contributed by atoms with van der Waals surface area (Å²) in [6, 6.07) is 3.56. The molecule has 0 aromatic carbocycles. The van der Waals surface area contributed by atoms with Crippen LogP contribution in [0.3, 0.4) is 0 Å². The summed E-state index contributed by atoms with van der Waals surface area (Å²) in [6.07, 6.45) is 11.0. The van der Waals surface area contributed by atoms with E-state index in [1.54, 1.807) is 30.7 Å². The van der Waals surface area contributed by atoms with Crippen LogP contribution in [0.2, 0.25) is 0 Å². The Balaban J connectivity index is 1.33. The van der Waals surface area contributed by atoms with Crippen molar-refractivity contribution in [2.24, 2.45) is 0 Å². The molecular weight excluding hydrogens is 382 g/mol. The fourth-order valence-corrected chi connectivity index (χ4v) is 4.93. The average molecular weight is 409 g/mol. The quantitative estimate of drug-likeness (QED) is 0.756. The Hall–Kier alpha value is -2.74. The Morgan fingerprint density at radius 3 is 2.57 bits per heavy atom. The Kier molecular flexibility index (Phi) is 5.02. The lowest BCUT2D eigenvalue weighted by Crippen LogP contribution is -2.55. The van der Waals surface area contributed by atoms with Gasteiger partial charge < -0.3 is 19.1 Å². The fourth-order valence-electron chi connectivity index (χ4n) is 4.93. The SMILES string of the molecule is O=C(c1cccnc1)N1CCC2(CC1)O[C@H](C(=O)N1CCCCC1)Cn1ccnc12. The minimum absolute atomic E-state index is 0.0157. The lowest BCUT2D eigenvalue weighted by Gasteiger charge is -2.46. The molecule has 30 heavy (non-hydrogen) atoms. The van der Waals surface area contributed by atoms with Crippen LogP contribution in [-0.2, 0) is 21.7 Å². The number of rotatable bonds is 2. The van der Waals surface area contributed by atoms with Crippen LogP contribution in [0.4, 0.5) is 0 Å². The van der Waals surface area contributed by atoms with E-state index in [1.807, 2.05) is 16.0 Å². The van der Waals surface area contributed by atoms with Crippen molar-refractivity contribution < 1.29 is 14.3 Å². The van der Waals surface area contributed by atoms with E-state index >= 15 is 0 Å². The highest BCUT2D eigenvalue weighted by Crippen LogP contribution is 2.40. The molecule has 2 aromatic heterocycles. The van der Waals surface area contributed by atoms with Crippen molar-refractivity contribution in [3.05, 3.63) is 48.3 Å². The Bertz CT molecular complexity index is 914. The van der Waals surface area contributed by atoms with Gasteiger partial charge in [-0.05, 0) is 31.4 Å². The number of aromatic nitrogens is 3. The molecular formula is C22H27N5O3. The Labute approximate surface area is 175 Å². The van der Waals surface area contributed by atoms with Crippen molar-refractivity contribution >= 4 is 11.8 Å². The molecule has 0 aliphatic carbocycles. The zero-order valence-corrected chi connectivity index (χ0v) is 17.1. The number of likely N-dealkylation sites (tertiary alicyclic amines) is 2. The molecule has 0 saturated carbocycles. The van der Waals surface area contributed by atoms with Crippen LogP contribution in [0.1, 0.15) is 48.3 Å². The lowest BCUT2D eigenvalue weighted by molar-refractivity contribution is -0.180. The standard InChI is InChI=1S/C22H27N5O3/c28-19(17-5-4-8-23-15-17)26-12-6-22(7-13-26)21-24-9-14-27(21)16-18(30-22)20(29)25-10-2-1-3-11-25/h4-5,8-9,14-15,18H,1-3,6-7,10-13,16H2/t18-/m0/s1. The smallest absolute Gasteiger partial charge is 0.255 e. The molecule has 2 aromatic rings. The first-order valence-corrected chi connectivity index (χ1v) is 10.8. The first-order valence-electron chi connectivity index (χ1n) is 10.8. The third-order valence-corrected chi connectivity index (χ3v) is 6.56. The molecule has 1 spiro atoms. The van der Waals surface area contributed by atoms with Crippen LogP contribution in [0.5, 0.6) is 0 Å². The summed E-state index contributed by atoms with van der Waals surface area (Å²) in [5.41, 5.74) is -0.0264. The Morgan fingerprint density at radius 1 is 1.03 bits per heavy atom. The first kappa shape index (κ1) is 19.2. The van der Waals surface area contributed by atoms with Gasteiger partial charge in [0.25, 0.3) is 11.8 Å². The van der Waals surface area contributed by atoms with Gasteiger partial charge in [-0.15, -0.1) is 0 Å². The van der Waals surface area contributed by atoms with Gasteiger partial charge in [0.2, 0.25) is 0 Å². The maximum atomic E-state index is 13.2. The van der Waals surface area contributed by atoms with E-state index in [-0.39, 0.29) is 11.8 Å². The molecule has 8 heteroatoms. The second kappa shape index (κ2) is 7.83. The highest BCUT2D eigenvalue weighted by atomic mass is 16.5. The van der Waals surface area contributed by atoms with Crippen molar-refractivity contribution in [3.63, 3.8) is 0 Å². The number of carbonyl (C=O) groups is 2. The zero-order valence-electron chi connectivity index (χ0n) is 17.1. The van der Waals surface area contributed by atoms with Crippen LogP contribution < -0.4 is 0 Å². The van der Waals surface area contributed by atoms with Crippen molar-refractivity contribution in [2.75, 3.05) is 26.2 Å². The number of hydrogen-bond donors (Lipinski definition) is 0. The average Bonchev–Trinajstić information content (AvgIpc) is 3.30. The van der Waals surface area contributed by atoms with Gasteiger partial charge in [0.1, 0.15) is 11.4 Å². The number of pyridine rings is 1. The summed E-state index contributed by atoms with van der Waals surface area (Å²) in [5, 5.41) is 0. The fraction of sp³-hybridized carbons (Fsp3) is 0.545. The number of ether oxygens (including phenoxy) is 1. The van der Waals surface area contributed by atoms with Gasteiger partial charge in [-0.2, -0.15) is 0 Å². The van der Waals surface area contributed by atoms with Gasteiger partial charge in [0, 0.05) is 63.8 Å². The largest absolute Gasteiger partial charge is 0.352 e. The number of hydrogen-bond acceptors (Lipinski definition) is 5. The number of fused-ring (bicyclic) bond motifs is 2. The molecule has 2 fully saturated rings. The highest BCUT2D eigenvalue weighted by molar-refractivity contribution is 5.94. The molecule has 0 bridgehead atoms. The summed E-state index contributed by atoms with van der Waals surface area (Å²) < 4.78 is 8.59. The third-order valence-electron chi connectivity index (χ3n) is 6.56. The van der Waals surface area contributed by atoms with Gasteiger partial charge in [-0.1, -0.05) is 0 Å². The van der Waals surface area contributed by atoms with E-state index in [2.05, 4.69) is 14.5 Å². The first-order chi connectivity index (χ1) is 14.7. The van der Waals surface area contributed by atoms with Gasteiger partial charge in [-0.25, -0.2) is 4.98 Å². The second-order valence-electron chi connectivity index (χ2n) is 8.42. The number of carbonyl (C=O) groups excluding carboxylic acids is 2. The summed E-state index contributed by atoms with van der Waals surface area (Å²) in [6.45, 7) is 3.26. The second-order valence-corrected chi connectivity index (χ2v) is 8.42. The number of amides is 2. The predicted molar refractivity (Wildman–Crippen MR) is 109 cm³/mol. The topological polar surface area (TPSA) is 80.6 Å². The van der Waals surface area contributed by atoms with Gasteiger partial charge in [-0.3, -0.25) is 14.6 Å². The maximum absolute atomic E-state index is 13.2. The molecule has 5 heterocycles. The molecule has 2 saturated heterocycles. The molecule has 158 valence electrons. The van der Waals surface area contributed by atoms with Crippen molar-refractivity contribution in [2.45, 2.75) is 50.4 Å². The van der Waals surface area contributed by atoms with E-state index in [0.717, 1.165) is 31.8 Å². The number of nitrogens with zero attached hydrogens (tertiary/aromatic N) is 5. The normalized spacial score (nSPS) is 23.3. The number of piperidine rings is 2. The van der Waals surface area contributed by atoms with E-state index in [1.165, 1.54) is 6.42 Å². The Morgan fingerprint density at radius 2 is 1.83 bits per heavy atom. The zero-order chi connectivity index (χ0) is 20.6. The van der Waals surface area contributed by atoms with Gasteiger partial charge in [0.15, 0.2) is 6.10 Å². The third kappa shape index (κ3) is 3.39. The molecule has 0 N–H and O–H groups in total. The van der Waals surface area contributed by atoms with E-state index < -0.39 is 11.7 Å².